The average Bonchev–Trinajstić information content (AvgIpc) is 2.25. The van der Waals surface area contributed by atoms with Crippen LogP contribution in [0.1, 0.15) is 20.7 Å². The van der Waals surface area contributed by atoms with E-state index in [0.29, 0.717) is 15.6 Å². The van der Waals surface area contributed by atoms with E-state index in [1.807, 2.05) is 24.3 Å². The Morgan fingerprint density at radius 1 is 1.06 bits per heavy atom. The van der Waals surface area contributed by atoms with Crippen LogP contribution in [-0.2, 0) is 4.74 Å². The molecule has 1 aliphatic rings. The number of rotatable bonds is 0. The van der Waals surface area contributed by atoms with E-state index in [4.69, 9.17) is 0 Å². The van der Waals surface area contributed by atoms with E-state index in [-0.39, 0.29) is 0 Å². The SMILES string of the molecule is O=C1OC(=O)c2c(Br)c1cc1ccccc21. The highest BCUT2D eigenvalue weighted by Crippen LogP contribution is 2.34. The number of hydrogen-bond donors (Lipinski definition) is 0. The van der Waals surface area contributed by atoms with Gasteiger partial charge in [-0.1, -0.05) is 24.3 Å². The predicted octanol–water partition coefficient (Wildman–Crippen LogP) is 2.91. The Balaban J connectivity index is 2.55. The lowest BCUT2D eigenvalue weighted by Gasteiger charge is -2.16. The lowest BCUT2D eigenvalue weighted by Crippen LogP contribution is -2.20. The molecule has 0 fully saturated rings. The van der Waals surface area contributed by atoms with Gasteiger partial charge in [-0.05, 0) is 32.8 Å². The molecule has 4 heteroatoms. The normalized spacial score (nSPS) is 14.1. The second kappa shape index (κ2) is 3.15. The highest BCUT2D eigenvalue weighted by molar-refractivity contribution is 9.10. The quantitative estimate of drug-likeness (QED) is 0.549. The number of halogens is 1. The molecule has 0 radical (unpaired) electrons. The van der Waals surface area contributed by atoms with Crippen LogP contribution in [0.15, 0.2) is 34.8 Å². The molecule has 1 aliphatic heterocycles. The van der Waals surface area contributed by atoms with Crippen molar-refractivity contribution in [2.75, 3.05) is 0 Å². The van der Waals surface area contributed by atoms with Gasteiger partial charge in [0.05, 0.1) is 11.1 Å². The molecular formula is C12H5BrO3. The summed E-state index contributed by atoms with van der Waals surface area (Å²) in [6, 6.07) is 9.12. The second-order valence-corrected chi connectivity index (χ2v) is 4.30. The van der Waals surface area contributed by atoms with Gasteiger partial charge >= 0.3 is 11.9 Å². The molecule has 0 amide bonds. The maximum atomic E-state index is 11.6. The predicted molar refractivity (Wildman–Crippen MR) is 61.4 cm³/mol. The summed E-state index contributed by atoms with van der Waals surface area (Å²) >= 11 is 3.27. The van der Waals surface area contributed by atoms with Crippen LogP contribution in [-0.4, -0.2) is 11.9 Å². The molecule has 3 rings (SSSR count). The minimum atomic E-state index is -0.602. The van der Waals surface area contributed by atoms with Crippen molar-refractivity contribution >= 4 is 38.6 Å². The first kappa shape index (κ1) is 9.54. The van der Waals surface area contributed by atoms with Gasteiger partial charge in [0.1, 0.15) is 0 Å². The molecule has 0 spiro atoms. The maximum Gasteiger partial charge on any atom is 0.347 e. The van der Waals surface area contributed by atoms with E-state index in [9.17, 15) is 9.59 Å². The van der Waals surface area contributed by atoms with Crippen LogP contribution in [0.5, 0.6) is 0 Å². The summed E-state index contributed by atoms with van der Waals surface area (Å²) in [5.41, 5.74) is 0.820. The first-order chi connectivity index (χ1) is 7.68. The Hall–Kier alpha value is -1.68. The third-order valence-corrected chi connectivity index (χ3v) is 3.42. The molecule has 0 atom stereocenters. The van der Waals surface area contributed by atoms with E-state index in [2.05, 4.69) is 20.7 Å². The summed E-state index contributed by atoms with van der Waals surface area (Å²) in [4.78, 5) is 23.1. The van der Waals surface area contributed by atoms with Crippen LogP contribution in [0, 0.1) is 0 Å². The fourth-order valence-corrected chi connectivity index (χ4v) is 2.51. The topological polar surface area (TPSA) is 43.4 Å². The molecule has 2 aromatic carbocycles. The zero-order valence-electron chi connectivity index (χ0n) is 7.99. The number of benzene rings is 2. The molecule has 0 aromatic heterocycles. The van der Waals surface area contributed by atoms with Gasteiger partial charge in [0, 0.05) is 4.47 Å². The van der Waals surface area contributed by atoms with Crippen molar-refractivity contribution in [1.82, 2.24) is 0 Å². The van der Waals surface area contributed by atoms with Gasteiger partial charge in [0.15, 0.2) is 0 Å². The number of esters is 2. The minimum absolute atomic E-state index is 0.397. The standard InChI is InChI=1S/C12H5BrO3/c13-10-8-5-6-3-1-2-4-7(6)9(10)12(15)16-11(8)14/h1-5H. The number of cyclic esters (lactones) is 2. The highest BCUT2D eigenvalue weighted by Gasteiger charge is 2.30. The van der Waals surface area contributed by atoms with Crippen molar-refractivity contribution in [1.29, 1.82) is 0 Å². The lowest BCUT2D eigenvalue weighted by molar-refractivity contribution is 0.0384. The fourth-order valence-electron chi connectivity index (χ4n) is 1.86. The number of carbonyl (C=O) groups excluding carboxylic acids is 2. The molecule has 0 aliphatic carbocycles. The number of hydrogen-bond acceptors (Lipinski definition) is 3. The largest absolute Gasteiger partial charge is 0.386 e. The molecule has 3 nitrogen and oxygen atoms in total. The zero-order valence-corrected chi connectivity index (χ0v) is 9.58. The van der Waals surface area contributed by atoms with Gasteiger partial charge in [0.2, 0.25) is 0 Å². The zero-order chi connectivity index (χ0) is 11.3. The molecule has 16 heavy (non-hydrogen) atoms. The van der Waals surface area contributed by atoms with E-state index >= 15 is 0 Å². The first-order valence-electron chi connectivity index (χ1n) is 4.66. The van der Waals surface area contributed by atoms with Crippen LogP contribution >= 0.6 is 15.9 Å². The second-order valence-electron chi connectivity index (χ2n) is 3.51. The molecule has 0 N–H and O–H groups in total. The lowest BCUT2D eigenvalue weighted by atomic mass is 9.99. The Morgan fingerprint density at radius 3 is 2.62 bits per heavy atom. The minimum Gasteiger partial charge on any atom is -0.386 e. The summed E-state index contributed by atoms with van der Waals surface area (Å²) in [5, 5.41) is 1.65. The molecule has 0 saturated heterocycles. The molecule has 1 heterocycles. The maximum absolute atomic E-state index is 11.6. The van der Waals surface area contributed by atoms with Gasteiger partial charge in [-0.25, -0.2) is 9.59 Å². The van der Waals surface area contributed by atoms with Crippen molar-refractivity contribution in [3.05, 3.63) is 45.9 Å². The van der Waals surface area contributed by atoms with Crippen molar-refractivity contribution in [3.8, 4) is 0 Å². The Labute approximate surface area is 99.1 Å². The van der Waals surface area contributed by atoms with Crippen molar-refractivity contribution in [3.63, 3.8) is 0 Å². The van der Waals surface area contributed by atoms with Crippen LogP contribution in [0.2, 0.25) is 0 Å². The number of fused-ring (bicyclic) bond motifs is 4. The van der Waals surface area contributed by atoms with Crippen LogP contribution < -0.4 is 0 Å². The van der Waals surface area contributed by atoms with Gasteiger partial charge in [0.25, 0.3) is 0 Å². The number of ether oxygens (including phenoxy) is 1. The first-order valence-corrected chi connectivity index (χ1v) is 5.45. The summed E-state index contributed by atoms with van der Waals surface area (Å²) in [7, 11) is 0. The van der Waals surface area contributed by atoms with E-state index < -0.39 is 11.9 Å². The molecule has 0 unspecified atom stereocenters. The average molecular weight is 277 g/mol. The Kier molecular flexibility index (Phi) is 1.88. The van der Waals surface area contributed by atoms with Crippen LogP contribution in [0.25, 0.3) is 10.8 Å². The third-order valence-electron chi connectivity index (χ3n) is 2.60. The molecule has 2 bridgehead atoms. The number of carbonyl (C=O) groups is 2. The molecule has 78 valence electrons. The molecule has 2 aromatic rings. The summed E-state index contributed by atoms with van der Waals surface area (Å²) in [6.07, 6.45) is 0. The van der Waals surface area contributed by atoms with Crippen molar-refractivity contribution < 1.29 is 14.3 Å². The van der Waals surface area contributed by atoms with Crippen molar-refractivity contribution in [2.24, 2.45) is 0 Å². The fraction of sp³-hybridized carbons (Fsp3) is 0. The van der Waals surface area contributed by atoms with Crippen LogP contribution in [0.3, 0.4) is 0 Å². The third kappa shape index (κ3) is 1.13. The monoisotopic (exact) mass is 276 g/mol. The van der Waals surface area contributed by atoms with Crippen LogP contribution in [0.4, 0.5) is 0 Å². The highest BCUT2D eigenvalue weighted by atomic mass is 79.9. The van der Waals surface area contributed by atoms with E-state index in [1.165, 1.54) is 0 Å². The molecule has 0 saturated carbocycles. The van der Waals surface area contributed by atoms with Gasteiger partial charge in [-0.3, -0.25) is 0 Å². The van der Waals surface area contributed by atoms with Gasteiger partial charge in [-0.15, -0.1) is 0 Å². The summed E-state index contributed by atoms with van der Waals surface area (Å²) in [5.74, 6) is -1.20. The van der Waals surface area contributed by atoms with Gasteiger partial charge < -0.3 is 4.74 Å². The summed E-state index contributed by atoms with van der Waals surface area (Å²) < 4.78 is 5.17. The summed E-state index contributed by atoms with van der Waals surface area (Å²) in [6.45, 7) is 0. The van der Waals surface area contributed by atoms with Crippen molar-refractivity contribution in [2.45, 2.75) is 0 Å². The smallest absolute Gasteiger partial charge is 0.347 e. The van der Waals surface area contributed by atoms with Gasteiger partial charge in [-0.2, -0.15) is 0 Å². The Morgan fingerprint density at radius 2 is 1.81 bits per heavy atom. The molecular weight excluding hydrogens is 272 g/mol. The Bertz CT molecular complexity index is 646. The van der Waals surface area contributed by atoms with E-state index in [1.54, 1.807) is 6.07 Å². The van der Waals surface area contributed by atoms with E-state index in [0.717, 1.165) is 10.8 Å².